The SMILES string of the molecule is O=C(Nc1ccc(Sc2nncs2)c(Cl)c1)[C@@]12CCCC[C@H]1CNC2. The third-order valence-electron chi connectivity index (χ3n) is 5.22. The molecule has 2 atom stereocenters. The van der Waals surface area contributed by atoms with Crippen molar-refractivity contribution in [1.82, 2.24) is 15.5 Å². The Kier molecular flexibility index (Phi) is 4.99. The number of nitrogens with zero attached hydrogens (tertiary/aromatic N) is 2. The zero-order valence-corrected chi connectivity index (χ0v) is 16.0. The molecular formula is C17H19ClN4OS2. The predicted molar refractivity (Wildman–Crippen MR) is 101 cm³/mol. The van der Waals surface area contributed by atoms with Gasteiger partial charge in [0, 0.05) is 17.1 Å². The lowest BCUT2D eigenvalue weighted by atomic mass is 9.67. The number of aromatic nitrogens is 2. The monoisotopic (exact) mass is 394 g/mol. The first kappa shape index (κ1) is 17.3. The molecule has 0 unspecified atom stereocenters. The van der Waals surface area contributed by atoms with Gasteiger partial charge < -0.3 is 10.6 Å². The number of carbonyl (C=O) groups is 1. The maximum atomic E-state index is 13.0. The third-order valence-corrected chi connectivity index (χ3v) is 7.50. The predicted octanol–water partition coefficient (Wildman–Crippen LogP) is 4.06. The van der Waals surface area contributed by atoms with E-state index in [1.807, 2.05) is 18.2 Å². The number of hydrogen-bond donors (Lipinski definition) is 2. The van der Waals surface area contributed by atoms with Crippen molar-refractivity contribution >= 4 is 46.3 Å². The first-order valence-corrected chi connectivity index (χ1v) is 10.5. The fraction of sp³-hybridized carbons (Fsp3) is 0.471. The summed E-state index contributed by atoms with van der Waals surface area (Å²) in [6.45, 7) is 1.73. The van der Waals surface area contributed by atoms with E-state index in [2.05, 4.69) is 20.8 Å². The summed E-state index contributed by atoms with van der Waals surface area (Å²) in [6, 6.07) is 5.65. The van der Waals surface area contributed by atoms with Gasteiger partial charge in [-0.05, 0) is 43.5 Å². The molecule has 132 valence electrons. The quantitative estimate of drug-likeness (QED) is 0.818. The molecule has 2 fully saturated rings. The van der Waals surface area contributed by atoms with Gasteiger partial charge in [0.05, 0.1) is 10.4 Å². The van der Waals surface area contributed by atoms with E-state index in [1.165, 1.54) is 29.5 Å². The van der Waals surface area contributed by atoms with Crippen LogP contribution in [0.1, 0.15) is 25.7 Å². The van der Waals surface area contributed by atoms with Crippen molar-refractivity contribution in [2.24, 2.45) is 11.3 Å². The lowest BCUT2D eigenvalue weighted by Crippen LogP contribution is -2.44. The van der Waals surface area contributed by atoms with Crippen LogP contribution in [0.4, 0.5) is 5.69 Å². The molecule has 4 rings (SSSR count). The van der Waals surface area contributed by atoms with Crippen molar-refractivity contribution in [3.63, 3.8) is 0 Å². The van der Waals surface area contributed by atoms with Crippen LogP contribution in [0.3, 0.4) is 0 Å². The largest absolute Gasteiger partial charge is 0.326 e. The fourth-order valence-corrected chi connectivity index (χ4v) is 5.64. The summed E-state index contributed by atoms with van der Waals surface area (Å²) in [5.41, 5.74) is 2.19. The highest BCUT2D eigenvalue weighted by Gasteiger charge is 2.49. The van der Waals surface area contributed by atoms with Gasteiger partial charge in [-0.25, -0.2) is 0 Å². The van der Waals surface area contributed by atoms with E-state index in [1.54, 1.807) is 5.51 Å². The molecule has 2 N–H and O–H groups in total. The van der Waals surface area contributed by atoms with Crippen LogP contribution < -0.4 is 10.6 Å². The van der Waals surface area contributed by atoms with Crippen molar-refractivity contribution in [3.05, 3.63) is 28.7 Å². The second kappa shape index (κ2) is 7.23. The number of anilines is 1. The Morgan fingerprint density at radius 3 is 3.16 bits per heavy atom. The van der Waals surface area contributed by atoms with Crippen LogP contribution in [-0.4, -0.2) is 29.2 Å². The van der Waals surface area contributed by atoms with E-state index in [4.69, 9.17) is 11.6 Å². The van der Waals surface area contributed by atoms with E-state index in [-0.39, 0.29) is 11.3 Å². The average molecular weight is 395 g/mol. The first-order chi connectivity index (χ1) is 12.2. The first-order valence-electron chi connectivity index (χ1n) is 8.43. The third kappa shape index (κ3) is 3.43. The van der Waals surface area contributed by atoms with E-state index in [9.17, 15) is 4.79 Å². The zero-order chi connectivity index (χ0) is 17.3. The molecular weight excluding hydrogens is 376 g/mol. The normalized spacial score (nSPS) is 25.6. The van der Waals surface area contributed by atoms with Crippen LogP contribution >= 0.6 is 34.7 Å². The number of amides is 1. The number of rotatable bonds is 4. The van der Waals surface area contributed by atoms with Crippen molar-refractivity contribution in [2.75, 3.05) is 18.4 Å². The van der Waals surface area contributed by atoms with Crippen molar-refractivity contribution in [1.29, 1.82) is 0 Å². The lowest BCUT2D eigenvalue weighted by Gasteiger charge is -2.37. The van der Waals surface area contributed by atoms with Gasteiger partial charge in [-0.3, -0.25) is 4.79 Å². The maximum Gasteiger partial charge on any atom is 0.232 e. The van der Waals surface area contributed by atoms with Gasteiger partial charge in [-0.1, -0.05) is 47.5 Å². The average Bonchev–Trinajstić information content (AvgIpc) is 3.27. The Hall–Kier alpha value is -1.15. The molecule has 0 spiro atoms. The molecule has 2 aromatic rings. The van der Waals surface area contributed by atoms with Gasteiger partial charge in [0.15, 0.2) is 4.34 Å². The van der Waals surface area contributed by atoms with Gasteiger partial charge in [0.2, 0.25) is 5.91 Å². The van der Waals surface area contributed by atoms with Crippen molar-refractivity contribution < 1.29 is 4.79 Å². The molecule has 8 heteroatoms. The Morgan fingerprint density at radius 2 is 2.36 bits per heavy atom. The molecule has 1 aromatic carbocycles. The Labute approximate surface area is 159 Å². The molecule has 1 saturated heterocycles. The second-order valence-corrected chi connectivity index (χ2v) is 9.17. The van der Waals surface area contributed by atoms with Crippen LogP contribution in [0.25, 0.3) is 0 Å². The fourth-order valence-electron chi connectivity index (χ4n) is 3.91. The van der Waals surface area contributed by atoms with Gasteiger partial charge in [-0.15, -0.1) is 10.2 Å². The highest BCUT2D eigenvalue weighted by molar-refractivity contribution is 8.01. The summed E-state index contributed by atoms with van der Waals surface area (Å²) in [4.78, 5) is 13.9. The molecule has 5 nitrogen and oxygen atoms in total. The summed E-state index contributed by atoms with van der Waals surface area (Å²) in [6.07, 6.45) is 4.46. The molecule has 0 bridgehead atoms. The zero-order valence-electron chi connectivity index (χ0n) is 13.6. The summed E-state index contributed by atoms with van der Waals surface area (Å²) in [7, 11) is 0. The number of halogens is 1. The number of carbonyl (C=O) groups excluding carboxylic acids is 1. The van der Waals surface area contributed by atoms with Crippen LogP contribution in [0.15, 0.2) is 32.9 Å². The molecule has 1 aliphatic carbocycles. The topological polar surface area (TPSA) is 66.9 Å². The van der Waals surface area contributed by atoms with Crippen LogP contribution in [-0.2, 0) is 4.79 Å². The lowest BCUT2D eigenvalue weighted by molar-refractivity contribution is -0.128. The Balaban J connectivity index is 1.49. The van der Waals surface area contributed by atoms with Crippen LogP contribution in [0, 0.1) is 11.3 Å². The highest BCUT2D eigenvalue weighted by Crippen LogP contribution is 2.44. The van der Waals surface area contributed by atoms with E-state index < -0.39 is 0 Å². The molecule has 2 heterocycles. The second-order valence-electron chi connectivity index (χ2n) is 6.64. The van der Waals surface area contributed by atoms with Gasteiger partial charge in [-0.2, -0.15) is 0 Å². The van der Waals surface area contributed by atoms with Crippen LogP contribution in [0.2, 0.25) is 5.02 Å². The minimum Gasteiger partial charge on any atom is -0.326 e. The Bertz CT molecular complexity index is 770. The van der Waals surface area contributed by atoms with Crippen molar-refractivity contribution in [2.45, 2.75) is 34.9 Å². The molecule has 1 amide bonds. The minimum absolute atomic E-state index is 0.128. The van der Waals surface area contributed by atoms with E-state index in [0.717, 1.165) is 47.3 Å². The van der Waals surface area contributed by atoms with E-state index >= 15 is 0 Å². The molecule has 25 heavy (non-hydrogen) atoms. The molecule has 1 saturated carbocycles. The van der Waals surface area contributed by atoms with E-state index in [0.29, 0.717) is 10.9 Å². The smallest absolute Gasteiger partial charge is 0.232 e. The highest BCUT2D eigenvalue weighted by atomic mass is 35.5. The number of fused-ring (bicyclic) bond motifs is 1. The van der Waals surface area contributed by atoms with Crippen LogP contribution in [0.5, 0.6) is 0 Å². The van der Waals surface area contributed by atoms with Crippen molar-refractivity contribution in [3.8, 4) is 0 Å². The molecule has 0 radical (unpaired) electrons. The number of nitrogens with one attached hydrogen (secondary N) is 2. The van der Waals surface area contributed by atoms with Gasteiger partial charge in [0.25, 0.3) is 0 Å². The summed E-state index contributed by atoms with van der Waals surface area (Å²) >= 11 is 9.35. The van der Waals surface area contributed by atoms with Gasteiger partial charge >= 0.3 is 0 Å². The maximum absolute atomic E-state index is 13.0. The summed E-state index contributed by atoms with van der Waals surface area (Å²) in [5.74, 6) is 0.576. The minimum atomic E-state index is -0.259. The molecule has 1 aliphatic heterocycles. The number of hydrogen-bond acceptors (Lipinski definition) is 6. The molecule has 1 aromatic heterocycles. The van der Waals surface area contributed by atoms with Gasteiger partial charge in [0.1, 0.15) is 5.51 Å². The Morgan fingerprint density at radius 1 is 1.44 bits per heavy atom. The summed E-state index contributed by atoms with van der Waals surface area (Å²) in [5, 5.41) is 15.0. The molecule has 2 aliphatic rings. The summed E-state index contributed by atoms with van der Waals surface area (Å²) < 4.78 is 0.847. The standard InChI is InChI=1S/C17H19ClN4OS2/c18-13-7-12(4-5-14(13)25-16-22-20-10-24-16)21-15(23)17-6-2-1-3-11(17)8-19-9-17/h4-5,7,10-11,19H,1-3,6,8-9H2,(H,21,23)/t11-,17+/m0/s1. The number of benzene rings is 1.